The van der Waals surface area contributed by atoms with Crippen molar-refractivity contribution in [3.8, 4) is 5.75 Å². The minimum Gasteiger partial charge on any atom is -0.422 e. The summed E-state index contributed by atoms with van der Waals surface area (Å²) in [6.45, 7) is 5.59. The summed E-state index contributed by atoms with van der Waals surface area (Å²) in [5.74, 6) is -0.266. The molecular weight excluding hydrogens is 270 g/mol. The van der Waals surface area contributed by atoms with Gasteiger partial charge in [0.1, 0.15) is 11.3 Å². The summed E-state index contributed by atoms with van der Waals surface area (Å²) < 4.78 is 5.39. The van der Waals surface area contributed by atoms with E-state index in [1.807, 2.05) is 32.9 Å². The second kappa shape index (κ2) is 5.75. The lowest BCUT2D eigenvalue weighted by Crippen LogP contribution is -2.12. The van der Waals surface area contributed by atoms with E-state index in [9.17, 15) is 14.9 Å². The molecule has 0 atom stereocenters. The maximum absolute atomic E-state index is 12.2. The largest absolute Gasteiger partial charge is 0.422 e. The molecule has 0 aliphatic heterocycles. The lowest BCUT2D eigenvalue weighted by atomic mass is 10.1. The highest BCUT2D eigenvalue weighted by Gasteiger charge is 2.22. The number of rotatable bonds is 3. The van der Waals surface area contributed by atoms with E-state index in [1.54, 1.807) is 6.07 Å². The molecule has 0 heterocycles. The molecule has 0 bridgehead atoms. The number of ether oxygens (including phenoxy) is 1. The van der Waals surface area contributed by atoms with E-state index in [0.717, 1.165) is 16.7 Å². The first-order chi connectivity index (χ1) is 9.91. The van der Waals surface area contributed by atoms with Crippen LogP contribution in [0, 0.1) is 30.9 Å². The van der Waals surface area contributed by atoms with E-state index < -0.39 is 10.9 Å². The van der Waals surface area contributed by atoms with E-state index in [2.05, 4.69) is 0 Å². The van der Waals surface area contributed by atoms with E-state index in [-0.39, 0.29) is 11.3 Å². The van der Waals surface area contributed by atoms with Crippen LogP contribution < -0.4 is 4.74 Å². The molecule has 0 fully saturated rings. The Morgan fingerprint density at radius 1 is 1.05 bits per heavy atom. The quantitative estimate of drug-likeness (QED) is 0.373. The highest BCUT2D eigenvalue weighted by molar-refractivity contribution is 5.95. The molecule has 21 heavy (non-hydrogen) atoms. The average Bonchev–Trinajstić information content (AvgIpc) is 2.47. The van der Waals surface area contributed by atoms with Gasteiger partial charge in [0.25, 0.3) is 5.69 Å². The number of aryl methyl sites for hydroxylation is 2. The van der Waals surface area contributed by atoms with Gasteiger partial charge >= 0.3 is 5.97 Å². The van der Waals surface area contributed by atoms with Gasteiger partial charge in [-0.05, 0) is 43.5 Å². The summed E-state index contributed by atoms with van der Waals surface area (Å²) in [6.07, 6.45) is 0. The van der Waals surface area contributed by atoms with Gasteiger partial charge in [0.2, 0.25) is 0 Å². The number of benzene rings is 2. The molecule has 0 saturated carbocycles. The fourth-order valence-corrected chi connectivity index (χ4v) is 2.04. The smallest absolute Gasteiger partial charge is 0.350 e. The van der Waals surface area contributed by atoms with Crippen LogP contribution in [0.3, 0.4) is 0 Å². The van der Waals surface area contributed by atoms with Crippen molar-refractivity contribution in [3.63, 3.8) is 0 Å². The lowest BCUT2D eigenvalue weighted by Gasteiger charge is -2.12. The average molecular weight is 285 g/mol. The zero-order valence-corrected chi connectivity index (χ0v) is 12.0. The molecule has 0 unspecified atom stereocenters. The van der Waals surface area contributed by atoms with Crippen LogP contribution in [-0.4, -0.2) is 10.9 Å². The molecule has 5 nitrogen and oxygen atoms in total. The topological polar surface area (TPSA) is 69.4 Å². The number of nitro groups is 1. The van der Waals surface area contributed by atoms with E-state index in [1.165, 1.54) is 18.2 Å². The Morgan fingerprint density at radius 2 is 1.67 bits per heavy atom. The molecule has 2 rings (SSSR count). The Morgan fingerprint density at radius 3 is 2.33 bits per heavy atom. The van der Waals surface area contributed by atoms with Crippen LogP contribution in [0.25, 0.3) is 0 Å². The van der Waals surface area contributed by atoms with Crippen molar-refractivity contribution in [2.75, 3.05) is 0 Å². The van der Waals surface area contributed by atoms with Crippen LogP contribution in [0.5, 0.6) is 5.75 Å². The molecule has 0 spiro atoms. The van der Waals surface area contributed by atoms with Crippen LogP contribution in [-0.2, 0) is 0 Å². The first kappa shape index (κ1) is 14.7. The van der Waals surface area contributed by atoms with Gasteiger partial charge in [0.15, 0.2) is 0 Å². The molecular formula is C16H15NO4. The number of carbonyl (C=O) groups is 1. The van der Waals surface area contributed by atoms with E-state index >= 15 is 0 Å². The van der Waals surface area contributed by atoms with Gasteiger partial charge in [-0.25, -0.2) is 4.79 Å². The van der Waals surface area contributed by atoms with Crippen LogP contribution in [0.1, 0.15) is 27.0 Å². The highest BCUT2D eigenvalue weighted by Crippen LogP contribution is 2.28. The van der Waals surface area contributed by atoms with E-state index in [0.29, 0.717) is 5.75 Å². The Labute approximate surface area is 122 Å². The molecule has 5 heteroatoms. The van der Waals surface area contributed by atoms with Gasteiger partial charge < -0.3 is 4.74 Å². The predicted molar refractivity (Wildman–Crippen MR) is 78.7 cm³/mol. The summed E-state index contributed by atoms with van der Waals surface area (Å²) >= 11 is 0. The van der Waals surface area contributed by atoms with Gasteiger partial charge in [-0.2, -0.15) is 0 Å². The minimum absolute atomic E-state index is 0.0530. The molecule has 0 aliphatic rings. The number of para-hydroxylation sites is 1. The predicted octanol–water partition coefficient (Wildman–Crippen LogP) is 3.74. The number of nitro benzene ring substituents is 1. The zero-order chi connectivity index (χ0) is 15.6. The molecule has 0 aromatic heterocycles. The Bertz CT molecular complexity index is 722. The zero-order valence-electron chi connectivity index (χ0n) is 12.0. The third-order valence-corrected chi connectivity index (χ3v) is 3.39. The van der Waals surface area contributed by atoms with Crippen molar-refractivity contribution in [1.82, 2.24) is 0 Å². The maximum atomic E-state index is 12.2. The minimum atomic E-state index is -0.723. The van der Waals surface area contributed by atoms with Gasteiger partial charge in [0.05, 0.1) is 4.92 Å². The lowest BCUT2D eigenvalue weighted by molar-refractivity contribution is -0.385. The van der Waals surface area contributed by atoms with Crippen LogP contribution >= 0.6 is 0 Å². The summed E-state index contributed by atoms with van der Waals surface area (Å²) in [6, 6.07) is 9.54. The number of hydrogen-bond donors (Lipinski definition) is 0. The number of nitrogens with zero attached hydrogens (tertiary/aromatic N) is 1. The second-order valence-corrected chi connectivity index (χ2v) is 4.82. The third kappa shape index (κ3) is 2.91. The SMILES string of the molecule is Cc1ccc(C)c(OC(=O)c2ccccc2[N+](=O)[O-])c1C. The summed E-state index contributed by atoms with van der Waals surface area (Å²) in [4.78, 5) is 22.6. The molecule has 0 saturated heterocycles. The van der Waals surface area contributed by atoms with Crippen molar-refractivity contribution in [2.45, 2.75) is 20.8 Å². The summed E-state index contributed by atoms with van der Waals surface area (Å²) in [7, 11) is 0. The molecule has 0 N–H and O–H groups in total. The molecule has 2 aromatic carbocycles. The van der Waals surface area contributed by atoms with Crippen molar-refractivity contribution in [1.29, 1.82) is 0 Å². The van der Waals surface area contributed by atoms with Gasteiger partial charge in [-0.15, -0.1) is 0 Å². The second-order valence-electron chi connectivity index (χ2n) is 4.82. The van der Waals surface area contributed by atoms with Crippen LogP contribution in [0.15, 0.2) is 36.4 Å². The molecule has 108 valence electrons. The highest BCUT2D eigenvalue weighted by atomic mass is 16.6. The number of esters is 1. The van der Waals surface area contributed by atoms with Crippen molar-refractivity contribution in [2.24, 2.45) is 0 Å². The molecule has 0 radical (unpaired) electrons. The fourth-order valence-electron chi connectivity index (χ4n) is 2.04. The van der Waals surface area contributed by atoms with Crippen molar-refractivity contribution >= 4 is 11.7 Å². The van der Waals surface area contributed by atoms with Crippen molar-refractivity contribution < 1.29 is 14.5 Å². The summed E-state index contributed by atoms with van der Waals surface area (Å²) in [5, 5.41) is 11.0. The number of carbonyl (C=O) groups excluding carboxylic acids is 1. The molecule has 2 aromatic rings. The van der Waals surface area contributed by atoms with E-state index in [4.69, 9.17) is 4.74 Å². The van der Waals surface area contributed by atoms with Crippen LogP contribution in [0.2, 0.25) is 0 Å². The number of hydrogen-bond acceptors (Lipinski definition) is 4. The van der Waals surface area contributed by atoms with Gasteiger partial charge in [-0.3, -0.25) is 10.1 Å². The Hall–Kier alpha value is -2.69. The van der Waals surface area contributed by atoms with Crippen molar-refractivity contribution in [3.05, 3.63) is 68.8 Å². The Kier molecular flexibility index (Phi) is 4.03. The Balaban J connectivity index is 2.40. The van der Waals surface area contributed by atoms with Crippen LogP contribution in [0.4, 0.5) is 5.69 Å². The first-order valence-electron chi connectivity index (χ1n) is 6.44. The normalized spacial score (nSPS) is 10.2. The maximum Gasteiger partial charge on any atom is 0.350 e. The standard InChI is InChI=1S/C16H15NO4/c1-10-8-9-11(2)15(12(10)3)21-16(18)13-6-4-5-7-14(13)17(19)20/h4-9H,1-3H3. The summed E-state index contributed by atoms with van der Waals surface area (Å²) in [5.41, 5.74) is 2.34. The van der Waals surface area contributed by atoms with Gasteiger partial charge in [0, 0.05) is 6.07 Å². The monoisotopic (exact) mass is 285 g/mol. The fraction of sp³-hybridized carbons (Fsp3) is 0.188. The first-order valence-corrected chi connectivity index (χ1v) is 6.44. The third-order valence-electron chi connectivity index (χ3n) is 3.39. The molecule has 0 aliphatic carbocycles. The molecule has 0 amide bonds. The van der Waals surface area contributed by atoms with Gasteiger partial charge in [-0.1, -0.05) is 24.3 Å².